The van der Waals surface area contributed by atoms with Gasteiger partial charge in [-0.05, 0) is 19.1 Å². The van der Waals surface area contributed by atoms with E-state index in [1.807, 2.05) is 0 Å². The zero-order valence-corrected chi connectivity index (χ0v) is 9.18. The lowest BCUT2D eigenvalue weighted by Gasteiger charge is -2.11. The van der Waals surface area contributed by atoms with Crippen molar-refractivity contribution >= 4 is 17.5 Å². The normalized spacial score (nSPS) is 12.3. The molecule has 0 aliphatic rings. The fourth-order valence-corrected chi connectivity index (χ4v) is 1.28. The molecule has 16 heavy (non-hydrogen) atoms. The second-order valence-electron chi connectivity index (χ2n) is 3.30. The third-order valence-corrected chi connectivity index (χ3v) is 2.22. The summed E-state index contributed by atoms with van der Waals surface area (Å²) < 4.78 is 25.6. The summed E-state index contributed by atoms with van der Waals surface area (Å²) in [6.07, 6.45) is 0. The highest BCUT2D eigenvalue weighted by Gasteiger charge is 2.16. The predicted molar refractivity (Wildman–Crippen MR) is 55.4 cm³/mol. The van der Waals surface area contributed by atoms with Crippen molar-refractivity contribution in [3.05, 3.63) is 34.4 Å². The summed E-state index contributed by atoms with van der Waals surface area (Å²) in [7, 11) is 0. The first-order valence-electron chi connectivity index (χ1n) is 4.52. The Labute approximate surface area is 96.0 Å². The van der Waals surface area contributed by atoms with Gasteiger partial charge in [0, 0.05) is 6.04 Å². The smallest absolute Gasteiger partial charge is 0.253 e. The molecular weight excluding hydrogens is 240 g/mol. The molecule has 1 atom stereocenters. The van der Waals surface area contributed by atoms with E-state index >= 15 is 0 Å². The number of benzene rings is 1. The summed E-state index contributed by atoms with van der Waals surface area (Å²) in [5, 5.41) is 10.9. The Morgan fingerprint density at radius 3 is 2.62 bits per heavy atom. The minimum absolute atomic E-state index is 0.166. The van der Waals surface area contributed by atoms with E-state index in [0.29, 0.717) is 0 Å². The van der Waals surface area contributed by atoms with Crippen molar-refractivity contribution in [2.75, 3.05) is 6.61 Å². The van der Waals surface area contributed by atoms with Crippen LogP contribution in [0.2, 0.25) is 5.02 Å². The highest BCUT2D eigenvalue weighted by Crippen LogP contribution is 2.19. The highest BCUT2D eigenvalue weighted by molar-refractivity contribution is 6.33. The van der Waals surface area contributed by atoms with E-state index in [2.05, 4.69) is 5.32 Å². The molecule has 0 fully saturated rings. The summed E-state index contributed by atoms with van der Waals surface area (Å²) in [5.74, 6) is -2.92. The first-order valence-corrected chi connectivity index (χ1v) is 4.89. The van der Waals surface area contributed by atoms with Crippen LogP contribution in [0.15, 0.2) is 12.1 Å². The number of hydrogen-bond acceptors (Lipinski definition) is 2. The molecule has 0 heterocycles. The first-order chi connectivity index (χ1) is 7.45. The van der Waals surface area contributed by atoms with Gasteiger partial charge in [0.2, 0.25) is 0 Å². The van der Waals surface area contributed by atoms with E-state index in [1.165, 1.54) is 0 Å². The molecule has 2 N–H and O–H groups in total. The Kier molecular flexibility index (Phi) is 4.20. The number of hydrogen-bond donors (Lipinski definition) is 2. The minimum atomic E-state index is -1.15. The molecule has 88 valence electrons. The number of carbonyl (C=O) groups is 1. The molecule has 0 bridgehead atoms. The fourth-order valence-electron chi connectivity index (χ4n) is 1.04. The molecule has 1 aromatic rings. The quantitative estimate of drug-likeness (QED) is 0.802. The lowest BCUT2D eigenvalue weighted by molar-refractivity contribution is 0.0922. The maximum atomic E-state index is 12.9. The van der Waals surface area contributed by atoms with Gasteiger partial charge in [0.25, 0.3) is 5.91 Å². The maximum absolute atomic E-state index is 12.9. The second-order valence-corrected chi connectivity index (χ2v) is 3.71. The van der Waals surface area contributed by atoms with Crippen LogP contribution in [0.4, 0.5) is 8.78 Å². The molecule has 3 nitrogen and oxygen atoms in total. The number of aliphatic hydroxyl groups is 1. The summed E-state index contributed by atoms with van der Waals surface area (Å²) in [4.78, 5) is 11.5. The molecule has 0 radical (unpaired) electrons. The minimum Gasteiger partial charge on any atom is -0.394 e. The number of halogens is 3. The molecule has 0 aromatic heterocycles. The lowest BCUT2D eigenvalue weighted by atomic mass is 10.2. The van der Waals surface area contributed by atoms with Gasteiger partial charge in [-0.2, -0.15) is 0 Å². The summed E-state index contributed by atoms with van der Waals surface area (Å²) in [5.41, 5.74) is -0.166. The van der Waals surface area contributed by atoms with Crippen LogP contribution >= 0.6 is 11.6 Å². The average molecular weight is 250 g/mol. The van der Waals surface area contributed by atoms with E-state index in [4.69, 9.17) is 16.7 Å². The summed E-state index contributed by atoms with van der Waals surface area (Å²) >= 11 is 5.59. The van der Waals surface area contributed by atoms with Crippen LogP contribution in [0.3, 0.4) is 0 Å². The molecule has 0 spiro atoms. The van der Waals surface area contributed by atoms with Gasteiger partial charge >= 0.3 is 0 Å². The number of aliphatic hydroxyl groups excluding tert-OH is 1. The molecule has 0 aliphatic heterocycles. The molecule has 1 rings (SSSR count). The van der Waals surface area contributed by atoms with Crippen molar-refractivity contribution in [1.82, 2.24) is 5.32 Å². The standard InChI is InChI=1S/C10H10ClF2NO2/c1-5(4-15)14-10(16)6-2-8(12)9(13)3-7(6)11/h2-3,5,15H,4H2,1H3,(H,14,16)/t5-/m0/s1. The first kappa shape index (κ1) is 12.9. The van der Waals surface area contributed by atoms with Crippen LogP contribution in [-0.2, 0) is 0 Å². The number of amides is 1. The van der Waals surface area contributed by atoms with Gasteiger partial charge in [-0.1, -0.05) is 11.6 Å². The van der Waals surface area contributed by atoms with Crippen LogP contribution in [-0.4, -0.2) is 23.7 Å². The van der Waals surface area contributed by atoms with E-state index in [1.54, 1.807) is 6.92 Å². The van der Waals surface area contributed by atoms with Crippen LogP contribution in [0, 0.1) is 11.6 Å². The van der Waals surface area contributed by atoms with Crippen LogP contribution < -0.4 is 5.32 Å². The highest BCUT2D eigenvalue weighted by atomic mass is 35.5. The van der Waals surface area contributed by atoms with Gasteiger partial charge < -0.3 is 10.4 Å². The predicted octanol–water partition coefficient (Wildman–Crippen LogP) is 1.73. The van der Waals surface area contributed by atoms with E-state index in [-0.39, 0.29) is 17.2 Å². The second kappa shape index (κ2) is 5.23. The Morgan fingerprint density at radius 1 is 1.50 bits per heavy atom. The van der Waals surface area contributed by atoms with Gasteiger partial charge in [0.15, 0.2) is 11.6 Å². The third-order valence-electron chi connectivity index (χ3n) is 1.91. The number of nitrogens with one attached hydrogen (secondary N) is 1. The Bertz CT molecular complexity index is 412. The monoisotopic (exact) mass is 249 g/mol. The average Bonchev–Trinajstić information content (AvgIpc) is 2.23. The summed E-state index contributed by atoms with van der Waals surface area (Å²) in [6, 6.07) is 0.962. The van der Waals surface area contributed by atoms with E-state index in [0.717, 1.165) is 12.1 Å². The maximum Gasteiger partial charge on any atom is 0.253 e. The topological polar surface area (TPSA) is 49.3 Å². The SMILES string of the molecule is C[C@@H](CO)NC(=O)c1cc(F)c(F)cc1Cl. The Morgan fingerprint density at radius 2 is 2.06 bits per heavy atom. The molecule has 0 unspecified atom stereocenters. The summed E-state index contributed by atoms with van der Waals surface area (Å²) in [6.45, 7) is 1.30. The van der Waals surface area contributed by atoms with Crippen molar-refractivity contribution in [3.8, 4) is 0 Å². The van der Waals surface area contributed by atoms with Gasteiger partial charge in [0.05, 0.1) is 17.2 Å². The van der Waals surface area contributed by atoms with Crippen molar-refractivity contribution in [2.24, 2.45) is 0 Å². The zero-order chi connectivity index (χ0) is 12.3. The van der Waals surface area contributed by atoms with Crippen LogP contribution in [0.1, 0.15) is 17.3 Å². The van der Waals surface area contributed by atoms with Crippen molar-refractivity contribution in [1.29, 1.82) is 0 Å². The molecule has 1 aromatic carbocycles. The lowest BCUT2D eigenvalue weighted by Crippen LogP contribution is -2.35. The van der Waals surface area contributed by atoms with Crippen molar-refractivity contribution in [3.63, 3.8) is 0 Å². The van der Waals surface area contributed by atoms with Gasteiger partial charge in [-0.25, -0.2) is 8.78 Å². The van der Waals surface area contributed by atoms with Crippen molar-refractivity contribution < 1.29 is 18.7 Å². The largest absolute Gasteiger partial charge is 0.394 e. The van der Waals surface area contributed by atoms with Crippen molar-refractivity contribution in [2.45, 2.75) is 13.0 Å². The van der Waals surface area contributed by atoms with Crippen LogP contribution in [0.5, 0.6) is 0 Å². The third kappa shape index (κ3) is 2.90. The zero-order valence-electron chi connectivity index (χ0n) is 8.43. The van der Waals surface area contributed by atoms with Crippen LogP contribution in [0.25, 0.3) is 0 Å². The molecule has 1 amide bonds. The molecular formula is C10H10ClF2NO2. The molecule has 6 heteroatoms. The Hall–Kier alpha value is -1.20. The number of carbonyl (C=O) groups excluding carboxylic acids is 1. The Balaban J connectivity index is 2.96. The molecule has 0 saturated heterocycles. The van der Waals surface area contributed by atoms with E-state index < -0.39 is 23.6 Å². The molecule has 0 aliphatic carbocycles. The van der Waals surface area contributed by atoms with Gasteiger partial charge in [-0.3, -0.25) is 4.79 Å². The molecule has 0 saturated carbocycles. The number of rotatable bonds is 3. The van der Waals surface area contributed by atoms with Gasteiger partial charge in [-0.15, -0.1) is 0 Å². The van der Waals surface area contributed by atoms with Gasteiger partial charge in [0.1, 0.15) is 0 Å². The fraction of sp³-hybridized carbons (Fsp3) is 0.300. The van der Waals surface area contributed by atoms with E-state index in [9.17, 15) is 13.6 Å².